The third-order valence-electron chi connectivity index (χ3n) is 6.44. The third-order valence-corrected chi connectivity index (χ3v) is 6.44. The first-order chi connectivity index (χ1) is 14.8. The van der Waals surface area contributed by atoms with Crippen LogP contribution in [0.15, 0.2) is 66.0 Å². The van der Waals surface area contributed by atoms with E-state index in [9.17, 15) is 4.79 Å². The molecule has 0 bridgehead atoms. The van der Waals surface area contributed by atoms with E-state index in [1.165, 1.54) is 16.5 Å². The van der Waals surface area contributed by atoms with Gasteiger partial charge in [-0.3, -0.25) is 9.69 Å². The number of benzene rings is 1. The van der Waals surface area contributed by atoms with Gasteiger partial charge in [0.2, 0.25) is 0 Å². The van der Waals surface area contributed by atoms with Crippen molar-refractivity contribution in [2.75, 3.05) is 13.1 Å². The van der Waals surface area contributed by atoms with Gasteiger partial charge in [-0.05, 0) is 48.1 Å². The Balaban J connectivity index is 1.26. The van der Waals surface area contributed by atoms with Gasteiger partial charge in [-0.2, -0.15) is 0 Å². The van der Waals surface area contributed by atoms with Crippen LogP contribution in [0.2, 0.25) is 0 Å². The van der Waals surface area contributed by atoms with E-state index in [0.717, 1.165) is 49.0 Å². The number of pyridine rings is 2. The van der Waals surface area contributed by atoms with Crippen LogP contribution in [-0.4, -0.2) is 37.5 Å². The van der Waals surface area contributed by atoms with Gasteiger partial charge in [-0.25, -0.2) is 4.98 Å². The molecule has 5 heterocycles. The lowest BCUT2D eigenvalue weighted by molar-refractivity contribution is 0.181. The minimum absolute atomic E-state index is 0.0365. The van der Waals surface area contributed by atoms with E-state index in [-0.39, 0.29) is 5.43 Å². The number of nitrogens with one attached hydrogen (secondary N) is 2. The van der Waals surface area contributed by atoms with Crippen molar-refractivity contribution in [3.8, 4) is 0 Å². The first kappa shape index (κ1) is 17.5. The van der Waals surface area contributed by atoms with Crippen LogP contribution in [0.3, 0.4) is 0 Å². The fourth-order valence-electron chi connectivity index (χ4n) is 4.88. The molecule has 30 heavy (non-hydrogen) atoms. The van der Waals surface area contributed by atoms with Gasteiger partial charge in [0.1, 0.15) is 5.65 Å². The van der Waals surface area contributed by atoms with Crippen LogP contribution in [0.25, 0.3) is 32.8 Å². The van der Waals surface area contributed by atoms with Gasteiger partial charge in [-0.15, -0.1) is 0 Å². The summed E-state index contributed by atoms with van der Waals surface area (Å²) in [5.74, 6) is 0. The maximum absolute atomic E-state index is 12.4. The quantitative estimate of drug-likeness (QED) is 0.479. The summed E-state index contributed by atoms with van der Waals surface area (Å²) >= 11 is 0. The SMILES string of the molecule is O=c1ccn(C2CCN(Cc3ccc4[nH]ccc4c3)CC2)c2c1cnc1[nH]ccc12. The minimum Gasteiger partial charge on any atom is -0.361 e. The number of piperidine rings is 1. The number of aromatic nitrogens is 4. The highest BCUT2D eigenvalue weighted by Gasteiger charge is 2.22. The second-order valence-electron chi connectivity index (χ2n) is 8.25. The molecule has 150 valence electrons. The summed E-state index contributed by atoms with van der Waals surface area (Å²) in [6, 6.07) is 12.9. The summed E-state index contributed by atoms with van der Waals surface area (Å²) in [5.41, 5.74) is 4.42. The van der Waals surface area contributed by atoms with Crippen LogP contribution in [0, 0.1) is 0 Å². The summed E-state index contributed by atoms with van der Waals surface area (Å²) in [7, 11) is 0. The molecule has 6 rings (SSSR count). The highest BCUT2D eigenvalue weighted by atomic mass is 16.1. The van der Waals surface area contributed by atoms with Crippen LogP contribution in [0.4, 0.5) is 0 Å². The summed E-state index contributed by atoms with van der Waals surface area (Å²) in [6.45, 7) is 3.07. The lowest BCUT2D eigenvalue weighted by Crippen LogP contribution is -2.34. The number of H-pyrrole nitrogens is 2. The molecule has 0 radical (unpaired) electrons. The summed E-state index contributed by atoms with van der Waals surface area (Å²) in [5, 5.41) is 2.99. The molecule has 1 aliphatic heterocycles. The van der Waals surface area contributed by atoms with Crippen molar-refractivity contribution in [2.45, 2.75) is 25.4 Å². The average Bonchev–Trinajstić information content (AvgIpc) is 3.44. The van der Waals surface area contributed by atoms with E-state index in [4.69, 9.17) is 0 Å². The number of aromatic amines is 2. The molecule has 1 saturated heterocycles. The maximum atomic E-state index is 12.4. The number of hydrogen-bond donors (Lipinski definition) is 2. The lowest BCUT2D eigenvalue weighted by Gasteiger charge is -2.34. The van der Waals surface area contributed by atoms with Crippen LogP contribution < -0.4 is 5.43 Å². The van der Waals surface area contributed by atoms with Crippen LogP contribution in [-0.2, 0) is 6.54 Å². The second kappa shape index (κ2) is 6.85. The molecule has 0 atom stereocenters. The van der Waals surface area contributed by atoms with E-state index in [0.29, 0.717) is 11.4 Å². The zero-order chi connectivity index (χ0) is 20.1. The predicted molar refractivity (Wildman–Crippen MR) is 120 cm³/mol. The summed E-state index contributed by atoms with van der Waals surface area (Å²) in [6.07, 6.45) is 9.70. The highest BCUT2D eigenvalue weighted by Crippen LogP contribution is 2.29. The monoisotopic (exact) mass is 397 g/mol. The number of rotatable bonds is 3. The van der Waals surface area contributed by atoms with Crippen molar-refractivity contribution < 1.29 is 0 Å². The van der Waals surface area contributed by atoms with Gasteiger partial charge < -0.3 is 14.5 Å². The summed E-state index contributed by atoms with van der Waals surface area (Å²) in [4.78, 5) is 25.8. The fourth-order valence-corrected chi connectivity index (χ4v) is 4.88. The number of fused-ring (bicyclic) bond motifs is 4. The maximum Gasteiger partial charge on any atom is 0.190 e. The third kappa shape index (κ3) is 2.83. The van der Waals surface area contributed by atoms with Gasteiger partial charge in [0.15, 0.2) is 5.43 Å². The molecule has 4 aromatic heterocycles. The van der Waals surface area contributed by atoms with Gasteiger partial charge in [-0.1, -0.05) is 6.07 Å². The number of hydrogen-bond acceptors (Lipinski definition) is 3. The largest absolute Gasteiger partial charge is 0.361 e. The van der Waals surface area contributed by atoms with Crippen molar-refractivity contribution in [1.82, 2.24) is 24.4 Å². The zero-order valence-corrected chi connectivity index (χ0v) is 16.6. The molecule has 6 heteroatoms. The molecule has 1 fully saturated rings. The minimum atomic E-state index is 0.0365. The van der Waals surface area contributed by atoms with Crippen molar-refractivity contribution in [2.24, 2.45) is 0 Å². The Morgan fingerprint density at radius 2 is 1.87 bits per heavy atom. The van der Waals surface area contributed by atoms with Gasteiger partial charge >= 0.3 is 0 Å². The Morgan fingerprint density at radius 1 is 1.00 bits per heavy atom. The second-order valence-corrected chi connectivity index (χ2v) is 8.25. The van der Waals surface area contributed by atoms with Crippen molar-refractivity contribution in [3.63, 3.8) is 0 Å². The molecule has 1 aromatic carbocycles. The Hall–Kier alpha value is -3.38. The normalized spacial score (nSPS) is 16.1. The molecular weight excluding hydrogens is 374 g/mol. The first-order valence-corrected chi connectivity index (χ1v) is 10.5. The standard InChI is InChI=1S/C24H23N5O/c30-22-7-12-29(23-19-4-9-26-24(19)27-14-20(22)23)18-5-10-28(11-6-18)15-16-1-2-21-17(13-16)3-8-25-21/h1-4,7-9,12-14,18,25H,5-6,10-11,15H2,(H,26,27). The zero-order valence-electron chi connectivity index (χ0n) is 16.6. The van der Waals surface area contributed by atoms with Crippen molar-refractivity contribution in [1.29, 1.82) is 0 Å². The van der Waals surface area contributed by atoms with E-state index >= 15 is 0 Å². The van der Waals surface area contributed by atoms with Crippen molar-refractivity contribution >= 4 is 32.8 Å². The lowest BCUT2D eigenvalue weighted by atomic mass is 10.0. The fraction of sp³-hybridized carbons (Fsp3) is 0.250. The Labute approximate surface area is 173 Å². The predicted octanol–water partition coefficient (Wildman–Crippen LogP) is 4.20. The van der Waals surface area contributed by atoms with Gasteiger partial charge in [0.25, 0.3) is 0 Å². The first-order valence-electron chi connectivity index (χ1n) is 10.5. The molecule has 1 aliphatic rings. The van der Waals surface area contributed by atoms with Gasteiger partial charge in [0, 0.05) is 67.4 Å². The van der Waals surface area contributed by atoms with Crippen LogP contribution >= 0.6 is 0 Å². The van der Waals surface area contributed by atoms with Crippen LogP contribution in [0.5, 0.6) is 0 Å². The topological polar surface area (TPSA) is 69.7 Å². The molecule has 0 aliphatic carbocycles. The van der Waals surface area contributed by atoms with E-state index < -0.39 is 0 Å². The highest BCUT2D eigenvalue weighted by molar-refractivity contribution is 6.02. The Bertz CT molecular complexity index is 1420. The molecule has 0 saturated carbocycles. The molecule has 6 nitrogen and oxygen atoms in total. The van der Waals surface area contributed by atoms with E-state index in [1.54, 1.807) is 12.3 Å². The molecule has 0 amide bonds. The summed E-state index contributed by atoms with van der Waals surface area (Å²) < 4.78 is 2.30. The smallest absolute Gasteiger partial charge is 0.190 e. The van der Waals surface area contributed by atoms with Gasteiger partial charge in [0.05, 0.1) is 10.9 Å². The Morgan fingerprint density at radius 3 is 2.77 bits per heavy atom. The Kier molecular flexibility index (Phi) is 3.99. The molecule has 2 N–H and O–H groups in total. The average molecular weight is 397 g/mol. The van der Waals surface area contributed by atoms with E-state index in [1.807, 2.05) is 24.7 Å². The molecule has 0 spiro atoms. The van der Waals surface area contributed by atoms with Crippen molar-refractivity contribution in [3.05, 3.63) is 77.0 Å². The molecule has 0 unspecified atom stereocenters. The number of likely N-dealkylation sites (tertiary alicyclic amines) is 1. The molecule has 5 aromatic rings. The van der Waals surface area contributed by atoms with Crippen LogP contribution in [0.1, 0.15) is 24.4 Å². The molecular formula is C24H23N5O. The number of nitrogens with zero attached hydrogens (tertiary/aromatic N) is 3. The van der Waals surface area contributed by atoms with E-state index in [2.05, 4.69) is 48.7 Å².